The highest BCUT2D eigenvalue weighted by Crippen LogP contribution is 2.26. The van der Waals surface area contributed by atoms with Crippen LogP contribution in [0.3, 0.4) is 0 Å². The Balaban J connectivity index is 1.86. The maximum absolute atomic E-state index is 12.4. The van der Waals surface area contributed by atoms with Crippen molar-refractivity contribution in [2.45, 2.75) is 17.1 Å². The minimum atomic E-state index is -3.45. The highest BCUT2D eigenvalue weighted by molar-refractivity contribution is 7.91. The molecule has 0 bridgehead atoms. The van der Waals surface area contributed by atoms with E-state index in [2.05, 4.69) is 5.32 Å². The van der Waals surface area contributed by atoms with Crippen molar-refractivity contribution in [3.63, 3.8) is 0 Å². The van der Waals surface area contributed by atoms with Gasteiger partial charge in [-0.05, 0) is 24.3 Å². The van der Waals surface area contributed by atoms with Crippen molar-refractivity contribution in [1.29, 1.82) is 0 Å². The summed E-state index contributed by atoms with van der Waals surface area (Å²) in [6.07, 6.45) is 0.930. The number of nitrogens with one attached hydrogen (secondary N) is 1. The van der Waals surface area contributed by atoms with Crippen LogP contribution in [-0.2, 0) is 19.6 Å². The van der Waals surface area contributed by atoms with Crippen LogP contribution in [0.4, 0.5) is 0 Å². The van der Waals surface area contributed by atoms with Gasteiger partial charge in [0.25, 0.3) is 10.0 Å². The standard InChI is InChI=1S/C14H21N3O4S2/c1-16(2)12(18)10-15-14(19)11-5-7-17(8-6-11)23(20,21)13-4-3-9-22-13/h3-4,9,11H,5-8,10H2,1-2H3,(H,15,19). The highest BCUT2D eigenvalue weighted by atomic mass is 32.2. The molecule has 23 heavy (non-hydrogen) atoms. The van der Waals surface area contributed by atoms with Crippen LogP contribution < -0.4 is 5.32 Å². The zero-order valence-electron chi connectivity index (χ0n) is 13.2. The quantitative estimate of drug-likeness (QED) is 0.822. The van der Waals surface area contributed by atoms with E-state index in [1.54, 1.807) is 31.6 Å². The van der Waals surface area contributed by atoms with Gasteiger partial charge in [-0.2, -0.15) is 4.31 Å². The van der Waals surface area contributed by atoms with E-state index in [0.29, 0.717) is 30.1 Å². The molecule has 0 unspecified atom stereocenters. The summed E-state index contributed by atoms with van der Waals surface area (Å²) in [6, 6.07) is 3.30. The SMILES string of the molecule is CN(C)C(=O)CNC(=O)C1CCN(S(=O)(=O)c2cccs2)CC1. The lowest BCUT2D eigenvalue weighted by Crippen LogP contribution is -2.44. The smallest absolute Gasteiger partial charge is 0.252 e. The Morgan fingerprint density at radius 1 is 1.35 bits per heavy atom. The minimum Gasteiger partial charge on any atom is -0.347 e. The van der Waals surface area contributed by atoms with Gasteiger partial charge in [0.1, 0.15) is 4.21 Å². The monoisotopic (exact) mass is 359 g/mol. The molecule has 0 spiro atoms. The molecule has 9 heteroatoms. The van der Waals surface area contributed by atoms with Gasteiger partial charge < -0.3 is 10.2 Å². The summed E-state index contributed by atoms with van der Waals surface area (Å²) in [5, 5.41) is 4.35. The fourth-order valence-corrected chi connectivity index (χ4v) is 4.98. The Morgan fingerprint density at radius 3 is 2.52 bits per heavy atom. The predicted octanol–water partition coefficient (Wildman–Crippen LogP) is 0.353. The van der Waals surface area contributed by atoms with Crippen LogP contribution in [0.5, 0.6) is 0 Å². The number of carbonyl (C=O) groups is 2. The van der Waals surface area contributed by atoms with E-state index in [1.807, 2.05) is 0 Å². The molecule has 1 aromatic rings. The number of sulfonamides is 1. The van der Waals surface area contributed by atoms with Gasteiger partial charge >= 0.3 is 0 Å². The second-order valence-electron chi connectivity index (χ2n) is 5.62. The van der Waals surface area contributed by atoms with Crippen LogP contribution in [0.25, 0.3) is 0 Å². The number of piperidine rings is 1. The van der Waals surface area contributed by atoms with Crippen molar-refractivity contribution in [1.82, 2.24) is 14.5 Å². The van der Waals surface area contributed by atoms with Crippen LogP contribution >= 0.6 is 11.3 Å². The highest BCUT2D eigenvalue weighted by Gasteiger charge is 2.32. The normalized spacial score (nSPS) is 17.0. The average molecular weight is 359 g/mol. The van der Waals surface area contributed by atoms with E-state index in [4.69, 9.17) is 0 Å². The summed E-state index contributed by atoms with van der Waals surface area (Å²) < 4.78 is 26.6. The Hall–Kier alpha value is -1.45. The van der Waals surface area contributed by atoms with E-state index in [9.17, 15) is 18.0 Å². The van der Waals surface area contributed by atoms with Crippen molar-refractivity contribution >= 4 is 33.2 Å². The molecule has 2 rings (SSSR count). The molecule has 2 heterocycles. The summed E-state index contributed by atoms with van der Waals surface area (Å²) in [5.74, 6) is -0.607. The van der Waals surface area contributed by atoms with Gasteiger partial charge in [-0.15, -0.1) is 11.3 Å². The fraction of sp³-hybridized carbons (Fsp3) is 0.571. The van der Waals surface area contributed by atoms with Crippen LogP contribution in [0.2, 0.25) is 0 Å². The van der Waals surface area contributed by atoms with Crippen molar-refractivity contribution in [3.05, 3.63) is 17.5 Å². The van der Waals surface area contributed by atoms with Crippen molar-refractivity contribution in [2.75, 3.05) is 33.7 Å². The first kappa shape index (κ1) is 17.9. The van der Waals surface area contributed by atoms with E-state index in [-0.39, 0.29) is 24.3 Å². The molecule has 0 aromatic carbocycles. The Morgan fingerprint density at radius 2 is 2.00 bits per heavy atom. The van der Waals surface area contributed by atoms with Crippen molar-refractivity contribution in [3.8, 4) is 0 Å². The maximum Gasteiger partial charge on any atom is 0.252 e. The molecular weight excluding hydrogens is 338 g/mol. The third-order valence-electron chi connectivity index (χ3n) is 3.83. The molecule has 0 aliphatic carbocycles. The minimum absolute atomic E-state index is 0.0282. The van der Waals surface area contributed by atoms with Gasteiger partial charge in [-0.25, -0.2) is 8.42 Å². The molecule has 2 amide bonds. The summed E-state index contributed by atoms with van der Waals surface area (Å²) in [5.41, 5.74) is 0. The topological polar surface area (TPSA) is 86.8 Å². The lowest BCUT2D eigenvalue weighted by atomic mass is 9.97. The number of nitrogens with zero attached hydrogens (tertiary/aromatic N) is 2. The average Bonchev–Trinajstić information content (AvgIpc) is 3.07. The third kappa shape index (κ3) is 4.30. The lowest BCUT2D eigenvalue weighted by Gasteiger charge is -2.30. The summed E-state index contributed by atoms with van der Waals surface area (Å²) >= 11 is 1.19. The predicted molar refractivity (Wildman–Crippen MR) is 87.5 cm³/mol. The second kappa shape index (κ2) is 7.41. The van der Waals surface area contributed by atoms with Gasteiger partial charge in [-0.1, -0.05) is 6.07 Å². The zero-order chi connectivity index (χ0) is 17.0. The Bertz CT molecular complexity index is 648. The largest absolute Gasteiger partial charge is 0.347 e. The summed E-state index contributed by atoms with van der Waals surface area (Å²) in [6.45, 7) is 0.611. The van der Waals surface area contributed by atoms with E-state index in [0.717, 1.165) is 0 Å². The van der Waals surface area contributed by atoms with E-state index < -0.39 is 10.0 Å². The van der Waals surface area contributed by atoms with Gasteiger partial charge in [0.15, 0.2) is 0 Å². The van der Waals surface area contributed by atoms with Crippen molar-refractivity contribution < 1.29 is 18.0 Å². The van der Waals surface area contributed by atoms with Crippen LogP contribution in [0.15, 0.2) is 21.7 Å². The first-order chi connectivity index (χ1) is 10.8. The number of likely N-dealkylation sites (N-methyl/N-ethyl adjacent to an activating group) is 1. The van der Waals surface area contributed by atoms with E-state index >= 15 is 0 Å². The van der Waals surface area contributed by atoms with Crippen molar-refractivity contribution in [2.24, 2.45) is 5.92 Å². The maximum atomic E-state index is 12.4. The van der Waals surface area contributed by atoms with Gasteiger partial charge in [-0.3, -0.25) is 9.59 Å². The molecule has 1 saturated heterocycles. The van der Waals surface area contributed by atoms with Crippen LogP contribution in [0.1, 0.15) is 12.8 Å². The molecule has 0 atom stereocenters. The second-order valence-corrected chi connectivity index (χ2v) is 8.73. The molecule has 0 saturated carbocycles. The third-order valence-corrected chi connectivity index (χ3v) is 7.10. The number of carbonyl (C=O) groups excluding carboxylic acids is 2. The zero-order valence-corrected chi connectivity index (χ0v) is 14.8. The Kier molecular flexibility index (Phi) is 5.77. The van der Waals surface area contributed by atoms with Gasteiger partial charge in [0.2, 0.25) is 11.8 Å². The number of hydrogen-bond acceptors (Lipinski definition) is 5. The fourth-order valence-electron chi connectivity index (χ4n) is 2.36. The molecule has 128 valence electrons. The van der Waals surface area contributed by atoms with Crippen LogP contribution in [-0.4, -0.2) is 63.2 Å². The summed E-state index contributed by atoms with van der Waals surface area (Å²) in [4.78, 5) is 24.9. The molecule has 1 aromatic heterocycles. The first-order valence-corrected chi connectivity index (χ1v) is 9.66. The van der Waals surface area contributed by atoms with Crippen LogP contribution in [0, 0.1) is 5.92 Å². The number of thiophene rings is 1. The van der Waals surface area contributed by atoms with E-state index in [1.165, 1.54) is 20.5 Å². The molecule has 1 aliphatic heterocycles. The molecule has 0 radical (unpaired) electrons. The first-order valence-electron chi connectivity index (χ1n) is 7.34. The lowest BCUT2D eigenvalue weighted by molar-refractivity contribution is -0.132. The molecule has 1 fully saturated rings. The molecular formula is C14H21N3O4S2. The van der Waals surface area contributed by atoms with Gasteiger partial charge in [0, 0.05) is 33.1 Å². The molecule has 7 nitrogen and oxygen atoms in total. The van der Waals surface area contributed by atoms with Gasteiger partial charge in [0.05, 0.1) is 6.54 Å². The molecule has 1 aliphatic rings. The number of hydrogen-bond donors (Lipinski definition) is 1. The molecule has 1 N–H and O–H groups in total. The summed E-state index contributed by atoms with van der Waals surface area (Å²) in [7, 11) is -0.191. The Labute approximate surface area is 140 Å². The number of rotatable bonds is 5. The number of amides is 2.